The fraction of sp³-hybridized carbons (Fsp3) is 0.417. The van der Waals surface area contributed by atoms with Gasteiger partial charge in [-0.2, -0.15) is 5.10 Å². The molecule has 0 spiro atoms. The molecule has 1 amide bonds. The molecule has 1 aliphatic carbocycles. The third kappa shape index (κ3) is 3.54. The molecule has 1 fully saturated rings. The van der Waals surface area contributed by atoms with Gasteiger partial charge in [0.1, 0.15) is 6.54 Å². The van der Waals surface area contributed by atoms with Crippen LogP contribution in [0.2, 0.25) is 0 Å². The van der Waals surface area contributed by atoms with Crippen LogP contribution in [0.5, 0.6) is 0 Å². The van der Waals surface area contributed by atoms with Gasteiger partial charge in [-0.15, -0.1) is 11.3 Å². The van der Waals surface area contributed by atoms with Gasteiger partial charge in [-0.1, -0.05) is 0 Å². The van der Waals surface area contributed by atoms with Gasteiger partial charge < -0.3 is 10.6 Å². The molecule has 0 saturated heterocycles. The van der Waals surface area contributed by atoms with E-state index in [4.69, 9.17) is 0 Å². The third-order valence-electron chi connectivity index (χ3n) is 2.84. The number of rotatable bonds is 6. The van der Waals surface area contributed by atoms with E-state index in [1.807, 2.05) is 17.1 Å². The number of aromatic nitrogens is 3. The van der Waals surface area contributed by atoms with Gasteiger partial charge >= 0.3 is 0 Å². The number of anilines is 1. The highest BCUT2D eigenvalue weighted by atomic mass is 32.1. The average molecular weight is 277 g/mol. The minimum absolute atomic E-state index is 0.0247. The van der Waals surface area contributed by atoms with E-state index in [1.165, 1.54) is 0 Å². The van der Waals surface area contributed by atoms with E-state index in [9.17, 15) is 4.79 Å². The van der Waals surface area contributed by atoms with Crippen LogP contribution in [-0.4, -0.2) is 26.7 Å². The summed E-state index contributed by atoms with van der Waals surface area (Å²) in [5.41, 5.74) is 3.71. The van der Waals surface area contributed by atoms with E-state index in [2.05, 4.69) is 20.7 Å². The first kappa shape index (κ1) is 12.2. The van der Waals surface area contributed by atoms with Crippen molar-refractivity contribution in [1.29, 1.82) is 0 Å². The predicted octanol–water partition coefficient (Wildman–Crippen LogP) is 1.23. The molecule has 0 unspecified atom stereocenters. The third-order valence-corrected chi connectivity index (χ3v) is 3.47. The van der Waals surface area contributed by atoms with Crippen molar-refractivity contribution in [2.45, 2.75) is 32.0 Å². The van der Waals surface area contributed by atoms with Gasteiger partial charge in [0.05, 0.1) is 29.6 Å². The second-order valence-electron chi connectivity index (χ2n) is 4.60. The van der Waals surface area contributed by atoms with Crippen LogP contribution in [0, 0.1) is 0 Å². The average Bonchev–Trinajstić information content (AvgIpc) is 2.91. The molecule has 1 aliphatic rings. The van der Waals surface area contributed by atoms with Crippen LogP contribution >= 0.6 is 11.3 Å². The normalized spacial score (nSPS) is 14.3. The minimum Gasteiger partial charge on any atom is -0.377 e. The Bertz CT molecular complexity index is 546. The first-order valence-electron chi connectivity index (χ1n) is 6.22. The zero-order chi connectivity index (χ0) is 13.1. The SMILES string of the molecule is O=C(Cn1cc(NCc2cscn2)cn1)NC1CC1. The van der Waals surface area contributed by atoms with Crippen LogP contribution in [0.15, 0.2) is 23.3 Å². The first-order valence-corrected chi connectivity index (χ1v) is 7.16. The van der Waals surface area contributed by atoms with Gasteiger partial charge in [0, 0.05) is 17.6 Å². The lowest BCUT2D eigenvalue weighted by Gasteiger charge is -2.03. The summed E-state index contributed by atoms with van der Waals surface area (Å²) in [6.45, 7) is 0.943. The van der Waals surface area contributed by atoms with Crippen molar-refractivity contribution in [2.75, 3.05) is 5.32 Å². The highest BCUT2D eigenvalue weighted by molar-refractivity contribution is 7.07. The van der Waals surface area contributed by atoms with Crippen molar-refractivity contribution in [1.82, 2.24) is 20.1 Å². The molecule has 2 heterocycles. The fourth-order valence-electron chi connectivity index (χ4n) is 1.71. The topological polar surface area (TPSA) is 71.8 Å². The molecule has 3 rings (SSSR count). The van der Waals surface area contributed by atoms with Crippen LogP contribution < -0.4 is 10.6 Å². The molecule has 19 heavy (non-hydrogen) atoms. The summed E-state index contributed by atoms with van der Waals surface area (Å²) in [6.07, 6.45) is 5.76. The largest absolute Gasteiger partial charge is 0.377 e. The number of nitrogens with zero attached hydrogens (tertiary/aromatic N) is 3. The summed E-state index contributed by atoms with van der Waals surface area (Å²) in [6, 6.07) is 0.394. The summed E-state index contributed by atoms with van der Waals surface area (Å²) in [5, 5.41) is 12.3. The van der Waals surface area contributed by atoms with Gasteiger partial charge in [-0.3, -0.25) is 9.48 Å². The summed E-state index contributed by atoms with van der Waals surface area (Å²) in [4.78, 5) is 15.8. The number of thiazole rings is 1. The Morgan fingerprint density at radius 1 is 1.53 bits per heavy atom. The Balaban J connectivity index is 1.49. The van der Waals surface area contributed by atoms with Gasteiger partial charge in [0.25, 0.3) is 0 Å². The summed E-state index contributed by atoms with van der Waals surface area (Å²) < 4.78 is 1.64. The van der Waals surface area contributed by atoms with E-state index >= 15 is 0 Å². The number of hydrogen-bond donors (Lipinski definition) is 2. The smallest absolute Gasteiger partial charge is 0.241 e. The molecule has 0 atom stereocenters. The van der Waals surface area contributed by atoms with E-state index < -0.39 is 0 Å². The Labute approximate surface area is 114 Å². The number of carbonyl (C=O) groups is 1. The van der Waals surface area contributed by atoms with Crippen molar-refractivity contribution in [2.24, 2.45) is 0 Å². The van der Waals surface area contributed by atoms with Crippen LogP contribution in [0.1, 0.15) is 18.5 Å². The molecule has 2 aromatic rings. The summed E-state index contributed by atoms with van der Waals surface area (Å²) in [5.74, 6) is 0.0247. The molecule has 100 valence electrons. The first-order chi connectivity index (χ1) is 9.29. The second kappa shape index (κ2) is 5.40. The molecule has 2 N–H and O–H groups in total. The fourth-order valence-corrected chi connectivity index (χ4v) is 2.27. The molecular formula is C12H15N5OS. The molecule has 0 aliphatic heterocycles. The molecule has 2 aromatic heterocycles. The second-order valence-corrected chi connectivity index (χ2v) is 5.32. The van der Waals surface area contributed by atoms with Crippen molar-refractivity contribution in [3.05, 3.63) is 29.0 Å². The van der Waals surface area contributed by atoms with Crippen LogP contribution in [0.3, 0.4) is 0 Å². The number of hydrogen-bond acceptors (Lipinski definition) is 5. The van der Waals surface area contributed by atoms with Crippen molar-refractivity contribution >= 4 is 22.9 Å². The highest BCUT2D eigenvalue weighted by Gasteiger charge is 2.23. The van der Waals surface area contributed by atoms with Gasteiger partial charge in [0.15, 0.2) is 0 Å². The Hall–Kier alpha value is -1.89. The number of nitrogens with one attached hydrogen (secondary N) is 2. The molecule has 0 aromatic carbocycles. The molecule has 0 bridgehead atoms. The van der Waals surface area contributed by atoms with E-state index in [-0.39, 0.29) is 12.5 Å². The number of carbonyl (C=O) groups excluding carboxylic acids is 1. The Morgan fingerprint density at radius 2 is 2.42 bits per heavy atom. The highest BCUT2D eigenvalue weighted by Crippen LogP contribution is 2.18. The van der Waals surface area contributed by atoms with Crippen LogP contribution in [0.25, 0.3) is 0 Å². The maximum absolute atomic E-state index is 11.6. The summed E-state index contributed by atoms with van der Waals surface area (Å²) in [7, 11) is 0. The standard InChI is InChI=1S/C12H15N5OS/c18-12(16-9-1-2-9)6-17-5-10(4-15-17)13-3-11-7-19-8-14-11/h4-5,7-9,13H,1-3,6H2,(H,16,18). The molecule has 6 nitrogen and oxygen atoms in total. The monoisotopic (exact) mass is 277 g/mol. The van der Waals surface area contributed by atoms with Crippen LogP contribution in [0.4, 0.5) is 5.69 Å². The van der Waals surface area contributed by atoms with Crippen LogP contribution in [-0.2, 0) is 17.9 Å². The lowest BCUT2D eigenvalue weighted by Crippen LogP contribution is -2.29. The van der Waals surface area contributed by atoms with E-state index in [0.29, 0.717) is 12.6 Å². The molecule has 7 heteroatoms. The van der Waals surface area contributed by atoms with Gasteiger partial charge in [-0.25, -0.2) is 4.98 Å². The van der Waals surface area contributed by atoms with Crippen molar-refractivity contribution in [3.8, 4) is 0 Å². The van der Waals surface area contributed by atoms with E-state index in [0.717, 1.165) is 24.2 Å². The lowest BCUT2D eigenvalue weighted by molar-refractivity contribution is -0.122. The Morgan fingerprint density at radius 3 is 3.16 bits per heavy atom. The zero-order valence-electron chi connectivity index (χ0n) is 10.4. The zero-order valence-corrected chi connectivity index (χ0v) is 11.2. The van der Waals surface area contributed by atoms with Gasteiger partial charge in [0.2, 0.25) is 5.91 Å². The number of amides is 1. The van der Waals surface area contributed by atoms with Crippen molar-refractivity contribution < 1.29 is 4.79 Å². The van der Waals surface area contributed by atoms with Crippen molar-refractivity contribution in [3.63, 3.8) is 0 Å². The molecule has 0 radical (unpaired) electrons. The van der Waals surface area contributed by atoms with E-state index in [1.54, 1.807) is 22.2 Å². The predicted molar refractivity (Wildman–Crippen MR) is 72.8 cm³/mol. The lowest BCUT2D eigenvalue weighted by atomic mass is 10.4. The summed E-state index contributed by atoms with van der Waals surface area (Å²) >= 11 is 1.58. The van der Waals surface area contributed by atoms with Gasteiger partial charge in [-0.05, 0) is 12.8 Å². The maximum Gasteiger partial charge on any atom is 0.241 e. The quantitative estimate of drug-likeness (QED) is 0.833. The molecular weight excluding hydrogens is 262 g/mol. The maximum atomic E-state index is 11.6. The Kier molecular flexibility index (Phi) is 3.45. The minimum atomic E-state index is 0.0247. The molecule has 1 saturated carbocycles.